The van der Waals surface area contributed by atoms with Crippen molar-refractivity contribution in [1.29, 1.82) is 0 Å². The van der Waals surface area contributed by atoms with Crippen LogP contribution in [-0.4, -0.2) is 28.5 Å². The minimum atomic E-state index is -0.0692. The summed E-state index contributed by atoms with van der Waals surface area (Å²) in [6.07, 6.45) is 6.39. The molecule has 0 saturated carbocycles. The maximum Gasteiger partial charge on any atom is 0.255 e. The Kier molecular flexibility index (Phi) is 7.71. The van der Waals surface area contributed by atoms with Gasteiger partial charge in [-0.25, -0.2) is 4.98 Å². The average Bonchev–Trinajstić information content (AvgIpc) is 3.39. The molecule has 0 fully saturated rings. The number of benzene rings is 4. The molecule has 0 bridgehead atoms. The number of nitrogens with two attached hydrogens (primary N) is 1. The summed E-state index contributed by atoms with van der Waals surface area (Å²) in [7, 11) is 0. The quantitative estimate of drug-likeness (QED) is 0.207. The van der Waals surface area contributed by atoms with Crippen LogP contribution in [0.25, 0.3) is 22.2 Å². The maximum atomic E-state index is 13.2. The van der Waals surface area contributed by atoms with Gasteiger partial charge >= 0.3 is 0 Å². The predicted octanol–water partition coefficient (Wildman–Crippen LogP) is 5.93. The molecule has 0 aliphatic heterocycles. The van der Waals surface area contributed by atoms with Gasteiger partial charge in [0.15, 0.2) is 0 Å². The first-order valence-corrected chi connectivity index (χ1v) is 14.1. The molecule has 1 amide bonds. The standard InChI is InChI=1S/C34H35N5O/c35-17-18-36-21-24-11-13-26(14-12-24)28-15-16-32-33(20-28)39(23-37-32)22-25-5-3-8-29(19-25)34(40)38-31-10-4-7-27-6-1-2-9-30(27)31/h3-5,7-8,10-16,19-20,23,36H,1-2,6,9,17-18,21-22,35H2,(H,38,40). The summed E-state index contributed by atoms with van der Waals surface area (Å²) >= 11 is 0. The van der Waals surface area contributed by atoms with Gasteiger partial charge in [-0.15, -0.1) is 0 Å². The molecule has 0 spiro atoms. The Bertz CT molecular complexity index is 1640. The van der Waals surface area contributed by atoms with Gasteiger partial charge in [0, 0.05) is 37.4 Å². The van der Waals surface area contributed by atoms with Crippen molar-refractivity contribution < 1.29 is 4.79 Å². The van der Waals surface area contributed by atoms with E-state index in [1.807, 2.05) is 36.7 Å². The Morgan fingerprint density at radius 1 is 0.875 bits per heavy atom. The fourth-order valence-electron chi connectivity index (χ4n) is 5.61. The van der Waals surface area contributed by atoms with Gasteiger partial charge in [-0.1, -0.05) is 54.6 Å². The summed E-state index contributed by atoms with van der Waals surface area (Å²) < 4.78 is 2.15. The Hall–Kier alpha value is -4.26. The van der Waals surface area contributed by atoms with Crippen molar-refractivity contribution in [2.24, 2.45) is 5.73 Å². The lowest BCUT2D eigenvalue weighted by atomic mass is 9.90. The van der Waals surface area contributed by atoms with Crippen molar-refractivity contribution in [3.8, 4) is 11.1 Å². The third kappa shape index (κ3) is 5.69. The third-order valence-corrected chi connectivity index (χ3v) is 7.74. The molecule has 1 heterocycles. The number of imidazole rings is 1. The molecule has 0 radical (unpaired) electrons. The van der Waals surface area contributed by atoms with Crippen LogP contribution >= 0.6 is 0 Å². The topological polar surface area (TPSA) is 85.0 Å². The van der Waals surface area contributed by atoms with Gasteiger partial charge in [-0.2, -0.15) is 0 Å². The number of nitrogens with one attached hydrogen (secondary N) is 2. The molecule has 1 aromatic heterocycles. The average molecular weight is 530 g/mol. The van der Waals surface area contributed by atoms with E-state index in [-0.39, 0.29) is 5.91 Å². The third-order valence-electron chi connectivity index (χ3n) is 7.74. The number of rotatable bonds is 9. The van der Waals surface area contributed by atoms with Gasteiger partial charge in [0.2, 0.25) is 0 Å². The second kappa shape index (κ2) is 11.9. The molecule has 0 atom stereocenters. The minimum absolute atomic E-state index is 0.0692. The van der Waals surface area contributed by atoms with Crippen LogP contribution in [0.1, 0.15) is 45.5 Å². The first-order valence-electron chi connectivity index (χ1n) is 14.1. The molecule has 40 heavy (non-hydrogen) atoms. The predicted molar refractivity (Wildman–Crippen MR) is 163 cm³/mol. The minimum Gasteiger partial charge on any atom is -0.329 e. The molecular weight excluding hydrogens is 494 g/mol. The van der Waals surface area contributed by atoms with Crippen LogP contribution in [0.3, 0.4) is 0 Å². The first-order chi connectivity index (χ1) is 19.7. The number of fused-ring (bicyclic) bond motifs is 2. The van der Waals surface area contributed by atoms with Crippen LogP contribution in [0.15, 0.2) is 91.3 Å². The summed E-state index contributed by atoms with van der Waals surface area (Å²) in [5.74, 6) is -0.0692. The van der Waals surface area contributed by atoms with Crippen molar-refractivity contribution in [2.75, 3.05) is 18.4 Å². The molecule has 6 nitrogen and oxygen atoms in total. The maximum absolute atomic E-state index is 13.2. The van der Waals surface area contributed by atoms with Gasteiger partial charge in [-0.3, -0.25) is 4.79 Å². The lowest BCUT2D eigenvalue weighted by Gasteiger charge is -2.19. The van der Waals surface area contributed by atoms with Crippen LogP contribution in [-0.2, 0) is 25.9 Å². The highest BCUT2D eigenvalue weighted by molar-refractivity contribution is 6.04. The number of hydrogen-bond acceptors (Lipinski definition) is 4. The van der Waals surface area contributed by atoms with E-state index in [9.17, 15) is 4.79 Å². The monoisotopic (exact) mass is 529 g/mol. The van der Waals surface area contributed by atoms with E-state index in [0.29, 0.717) is 18.7 Å². The van der Waals surface area contributed by atoms with E-state index in [1.165, 1.54) is 35.1 Å². The van der Waals surface area contributed by atoms with Crippen molar-refractivity contribution in [3.63, 3.8) is 0 Å². The van der Waals surface area contributed by atoms with E-state index in [0.717, 1.165) is 53.8 Å². The number of carbonyl (C=O) groups is 1. The van der Waals surface area contributed by atoms with E-state index in [4.69, 9.17) is 5.73 Å². The van der Waals surface area contributed by atoms with Crippen molar-refractivity contribution in [2.45, 2.75) is 38.8 Å². The Labute approximate surface area is 235 Å². The highest BCUT2D eigenvalue weighted by Gasteiger charge is 2.16. The van der Waals surface area contributed by atoms with Crippen LogP contribution in [0.4, 0.5) is 5.69 Å². The molecule has 4 aromatic carbocycles. The Balaban J connectivity index is 1.19. The summed E-state index contributed by atoms with van der Waals surface area (Å²) in [6, 6.07) is 29.2. The fraction of sp³-hybridized carbons (Fsp3) is 0.235. The normalized spacial score (nSPS) is 12.8. The van der Waals surface area contributed by atoms with Crippen LogP contribution in [0.2, 0.25) is 0 Å². The highest BCUT2D eigenvalue weighted by atomic mass is 16.1. The van der Waals surface area contributed by atoms with E-state index < -0.39 is 0 Å². The van der Waals surface area contributed by atoms with Gasteiger partial charge in [0.05, 0.1) is 17.4 Å². The van der Waals surface area contributed by atoms with Gasteiger partial charge in [0.25, 0.3) is 5.91 Å². The molecule has 6 heteroatoms. The second-order valence-electron chi connectivity index (χ2n) is 10.5. The molecular formula is C34H35N5O. The fourth-order valence-corrected chi connectivity index (χ4v) is 5.61. The number of carbonyl (C=O) groups excluding carboxylic acids is 1. The lowest BCUT2D eigenvalue weighted by Crippen LogP contribution is -2.21. The van der Waals surface area contributed by atoms with Crippen LogP contribution < -0.4 is 16.4 Å². The zero-order valence-corrected chi connectivity index (χ0v) is 22.7. The number of amides is 1. The van der Waals surface area contributed by atoms with Crippen LogP contribution in [0.5, 0.6) is 0 Å². The number of nitrogens with zero attached hydrogens (tertiary/aromatic N) is 2. The molecule has 4 N–H and O–H groups in total. The molecule has 202 valence electrons. The summed E-state index contributed by atoms with van der Waals surface area (Å²) in [5, 5.41) is 6.51. The smallest absolute Gasteiger partial charge is 0.255 e. The van der Waals surface area contributed by atoms with Crippen molar-refractivity contribution >= 4 is 22.6 Å². The van der Waals surface area contributed by atoms with Gasteiger partial charge < -0.3 is 20.9 Å². The number of aromatic nitrogens is 2. The van der Waals surface area contributed by atoms with Crippen LogP contribution in [0, 0.1) is 0 Å². The van der Waals surface area contributed by atoms with E-state index in [1.54, 1.807) is 0 Å². The SMILES string of the molecule is NCCNCc1ccc(-c2ccc3ncn(Cc4cccc(C(=O)Nc5cccc6c5CCCC6)c4)c3c2)cc1. The number of anilines is 1. The zero-order valence-electron chi connectivity index (χ0n) is 22.7. The van der Waals surface area contributed by atoms with Crippen molar-refractivity contribution in [1.82, 2.24) is 14.9 Å². The number of hydrogen-bond donors (Lipinski definition) is 3. The zero-order chi connectivity index (χ0) is 27.3. The van der Waals surface area contributed by atoms with Gasteiger partial charge in [-0.05, 0) is 89.4 Å². The van der Waals surface area contributed by atoms with Crippen molar-refractivity contribution in [3.05, 3.63) is 119 Å². The summed E-state index contributed by atoms with van der Waals surface area (Å²) in [5.41, 5.74) is 16.5. The molecule has 1 aliphatic rings. The molecule has 0 unspecified atom stereocenters. The van der Waals surface area contributed by atoms with Gasteiger partial charge in [0.1, 0.15) is 0 Å². The highest BCUT2D eigenvalue weighted by Crippen LogP contribution is 2.29. The first kappa shape index (κ1) is 26.0. The largest absolute Gasteiger partial charge is 0.329 e. The summed E-state index contributed by atoms with van der Waals surface area (Å²) in [6.45, 7) is 2.89. The Morgan fingerprint density at radius 3 is 2.58 bits per heavy atom. The van der Waals surface area contributed by atoms with E-state index in [2.05, 4.69) is 74.8 Å². The Morgan fingerprint density at radius 2 is 1.70 bits per heavy atom. The van der Waals surface area contributed by atoms with E-state index >= 15 is 0 Å². The number of aryl methyl sites for hydroxylation is 1. The summed E-state index contributed by atoms with van der Waals surface area (Å²) in [4.78, 5) is 17.9. The molecule has 5 aromatic rings. The molecule has 6 rings (SSSR count). The lowest BCUT2D eigenvalue weighted by molar-refractivity contribution is 0.102. The molecule has 1 aliphatic carbocycles. The second-order valence-corrected chi connectivity index (χ2v) is 10.5. The molecule has 0 saturated heterocycles.